The van der Waals surface area contributed by atoms with E-state index in [-0.39, 0.29) is 12.3 Å². The molecule has 0 spiro atoms. The molecule has 0 atom stereocenters. The second kappa shape index (κ2) is 6.08. The minimum atomic E-state index is -0.168. The van der Waals surface area contributed by atoms with Crippen molar-refractivity contribution in [1.29, 1.82) is 0 Å². The van der Waals surface area contributed by atoms with Crippen molar-refractivity contribution in [2.24, 2.45) is 0 Å². The highest BCUT2D eigenvalue weighted by Crippen LogP contribution is 2.21. The fourth-order valence-corrected chi connectivity index (χ4v) is 2.11. The number of anilines is 1. The molecule has 0 aliphatic carbocycles. The molecule has 0 fully saturated rings. The van der Waals surface area contributed by atoms with Crippen molar-refractivity contribution < 1.29 is 4.79 Å². The molecule has 0 unspecified atom stereocenters. The number of aromatic nitrogens is 2. The molecule has 100 valence electrons. The Morgan fingerprint density at radius 1 is 1.37 bits per heavy atom. The maximum absolute atomic E-state index is 11.9. The van der Waals surface area contributed by atoms with Gasteiger partial charge in [-0.1, -0.05) is 36.2 Å². The van der Waals surface area contributed by atoms with Crippen LogP contribution in [-0.4, -0.2) is 16.1 Å². The number of H-pyrrole nitrogens is 1. The molecule has 4 nitrogen and oxygen atoms in total. The molecule has 19 heavy (non-hydrogen) atoms. The van der Waals surface area contributed by atoms with Gasteiger partial charge >= 0.3 is 0 Å². The van der Waals surface area contributed by atoms with E-state index in [0.29, 0.717) is 15.9 Å². The molecule has 0 aliphatic rings. The quantitative estimate of drug-likeness (QED) is 0.908. The number of carbonyl (C=O) groups excluding carboxylic acids is 1. The lowest BCUT2D eigenvalue weighted by atomic mass is 10.1. The van der Waals surface area contributed by atoms with E-state index in [1.54, 1.807) is 24.3 Å². The van der Waals surface area contributed by atoms with Crippen LogP contribution in [0, 0.1) is 0 Å². The van der Waals surface area contributed by atoms with Crippen LogP contribution < -0.4 is 5.32 Å². The molecule has 2 N–H and O–H groups in total. The van der Waals surface area contributed by atoms with Gasteiger partial charge in [0, 0.05) is 21.8 Å². The van der Waals surface area contributed by atoms with Crippen LogP contribution in [0.1, 0.15) is 18.2 Å². The number of rotatable bonds is 4. The molecular weight excluding hydrogens is 285 g/mol. The van der Waals surface area contributed by atoms with E-state index in [4.69, 9.17) is 23.2 Å². The molecule has 0 bridgehead atoms. The van der Waals surface area contributed by atoms with E-state index in [0.717, 1.165) is 17.7 Å². The van der Waals surface area contributed by atoms with Crippen LogP contribution in [0.2, 0.25) is 10.0 Å². The normalized spacial score (nSPS) is 10.5. The number of halogens is 2. The smallest absolute Gasteiger partial charge is 0.230 e. The second-order valence-corrected chi connectivity index (χ2v) is 4.94. The van der Waals surface area contributed by atoms with Crippen LogP contribution >= 0.6 is 23.2 Å². The van der Waals surface area contributed by atoms with Crippen molar-refractivity contribution in [3.63, 3.8) is 0 Å². The maximum Gasteiger partial charge on any atom is 0.230 e. The van der Waals surface area contributed by atoms with E-state index in [1.807, 2.05) is 6.92 Å². The minimum absolute atomic E-state index is 0.168. The predicted octanol–water partition coefficient (Wildman–Crippen LogP) is 3.46. The third-order valence-corrected chi connectivity index (χ3v) is 3.23. The first kappa shape index (κ1) is 13.9. The van der Waals surface area contributed by atoms with Crippen molar-refractivity contribution in [3.8, 4) is 0 Å². The van der Waals surface area contributed by atoms with Gasteiger partial charge in [0.05, 0.1) is 6.42 Å². The zero-order chi connectivity index (χ0) is 13.8. The van der Waals surface area contributed by atoms with Gasteiger partial charge in [-0.25, -0.2) is 0 Å². The predicted molar refractivity (Wildman–Crippen MR) is 76.8 cm³/mol. The topological polar surface area (TPSA) is 57.8 Å². The van der Waals surface area contributed by atoms with Gasteiger partial charge < -0.3 is 5.32 Å². The van der Waals surface area contributed by atoms with Crippen LogP contribution in [0.25, 0.3) is 0 Å². The molecule has 1 amide bonds. The van der Waals surface area contributed by atoms with Crippen LogP contribution in [0.3, 0.4) is 0 Å². The van der Waals surface area contributed by atoms with Gasteiger partial charge in [0.2, 0.25) is 5.91 Å². The summed E-state index contributed by atoms with van der Waals surface area (Å²) in [6.45, 7) is 2.01. The van der Waals surface area contributed by atoms with Gasteiger partial charge in [-0.3, -0.25) is 9.89 Å². The molecule has 1 aromatic heterocycles. The van der Waals surface area contributed by atoms with E-state index in [2.05, 4.69) is 15.5 Å². The third kappa shape index (κ3) is 3.72. The molecule has 0 saturated heterocycles. The van der Waals surface area contributed by atoms with Crippen LogP contribution in [-0.2, 0) is 17.6 Å². The SMILES string of the molecule is CCc1cc(NC(=O)Cc2ccc(Cl)cc2Cl)n[nH]1. The lowest BCUT2D eigenvalue weighted by Gasteiger charge is -2.04. The van der Waals surface area contributed by atoms with Crippen molar-refractivity contribution in [2.75, 3.05) is 5.32 Å². The highest BCUT2D eigenvalue weighted by molar-refractivity contribution is 6.35. The number of aromatic amines is 1. The Morgan fingerprint density at radius 3 is 2.79 bits per heavy atom. The van der Waals surface area contributed by atoms with Gasteiger partial charge in [0.15, 0.2) is 5.82 Å². The van der Waals surface area contributed by atoms with Crippen molar-refractivity contribution in [3.05, 3.63) is 45.6 Å². The Kier molecular flexibility index (Phi) is 4.45. The highest BCUT2D eigenvalue weighted by atomic mass is 35.5. The Balaban J connectivity index is 2.01. The summed E-state index contributed by atoms with van der Waals surface area (Å²) in [5, 5.41) is 10.6. The van der Waals surface area contributed by atoms with Crippen molar-refractivity contribution >= 4 is 34.9 Å². The molecule has 2 rings (SSSR count). The number of carbonyl (C=O) groups is 1. The molecular formula is C13H13Cl2N3O. The van der Waals surface area contributed by atoms with Gasteiger partial charge in [0.25, 0.3) is 0 Å². The van der Waals surface area contributed by atoms with E-state index in [1.165, 1.54) is 0 Å². The maximum atomic E-state index is 11.9. The summed E-state index contributed by atoms with van der Waals surface area (Å²) in [6.07, 6.45) is 1.02. The standard InChI is InChI=1S/C13H13Cl2N3O/c1-2-10-7-12(18-17-10)16-13(19)5-8-3-4-9(14)6-11(8)15/h3-4,6-7H,2,5H2,1H3,(H2,16,17,18,19). The highest BCUT2D eigenvalue weighted by Gasteiger charge is 2.09. The second-order valence-electron chi connectivity index (χ2n) is 4.09. The lowest BCUT2D eigenvalue weighted by Crippen LogP contribution is -2.14. The minimum Gasteiger partial charge on any atom is -0.309 e. The first-order valence-electron chi connectivity index (χ1n) is 5.86. The van der Waals surface area contributed by atoms with E-state index < -0.39 is 0 Å². The molecule has 2 aromatic rings. The monoisotopic (exact) mass is 297 g/mol. The van der Waals surface area contributed by atoms with Gasteiger partial charge in [-0.2, -0.15) is 5.10 Å². The Hall–Kier alpha value is -1.52. The largest absolute Gasteiger partial charge is 0.309 e. The summed E-state index contributed by atoms with van der Waals surface area (Å²) in [5.41, 5.74) is 1.70. The number of amides is 1. The summed E-state index contributed by atoms with van der Waals surface area (Å²) >= 11 is 11.8. The number of aryl methyl sites for hydroxylation is 1. The Bertz CT molecular complexity index is 595. The fourth-order valence-electron chi connectivity index (χ4n) is 1.63. The van der Waals surface area contributed by atoms with E-state index >= 15 is 0 Å². The molecule has 0 saturated carbocycles. The molecule has 0 aliphatic heterocycles. The summed E-state index contributed by atoms with van der Waals surface area (Å²) in [7, 11) is 0. The van der Waals surface area contributed by atoms with Crippen LogP contribution in [0.15, 0.2) is 24.3 Å². The van der Waals surface area contributed by atoms with E-state index in [9.17, 15) is 4.79 Å². The number of hydrogen-bond acceptors (Lipinski definition) is 2. The zero-order valence-electron chi connectivity index (χ0n) is 10.3. The molecule has 0 radical (unpaired) electrons. The third-order valence-electron chi connectivity index (χ3n) is 2.65. The average Bonchev–Trinajstić information content (AvgIpc) is 2.80. The van der Waals surface area contributed by atoms with Crippen LogP contribution in [0.4, 0.5) is 5.82 Å². The summed E-state index contributed by atoms with van der Waals surface area (Å²) in [4.78, 5) is 11.9. The first-order valence-corrected chi connectivity index (χ1v) is 6.62. The van der Waals surface area contributed by atoms with Crippen LogP contribution in [0.5, 0.6) is 0 Å². The van der Waals surface area contributed by atoms with Crippen molar-refractivity contribution in [1.82, 2.24) is 10.2 Å². The van der Waals surface area contributed by atoms with Gasteiger partial charge in [-0.15, -0.1) is 0 Å². The summed E-state index contributed by atoms with van der Waals surface area (Å²) < 4.78 is 0. The van der Waals surface area contributed by atoms with Gasteiger partial charge in [0.1, 0.15) is 0 Å². The molecule has 6 heteroatoms. The summed E-state index contributed by atoms with van der Waals surface area (Å²) in [6, 6.07) is 6.88. The van der Waals surface area contributed by atoms with Crippen molar-refractivity contribution in [2.45, 2.75) is 19.8 Å². The lowest BCUT2D eigenvalue weighted by molar-refractivity contribution is -0.115. The first-order chi connectivity index (χ1) is 9.08. The number of nitrogens with zero attached hydrogens (tertiary/aromatic N) is 1. The Morgan fingerprint density at radius 2 is 2.16 bits per heavy atom. The summed E-state index contributed by atoms with van der Waals surface area (Å²) in [5.74, 6) is 0.352. The number of benzene rings is 1. The number of nitrogens with one attached hydrogen (secondary N) is 2. The average molecular weight is 298 g/mol. The Labute approximate surface area is 121 Å². The zero-order valence-corrected chi connectivity index (χ0v) is 11.8. The fraction of sp³-hybridized carbons (Fsp3) is 0.231. The molecule has 1 heterocycles. The number of hydrogen-bond donors (Lipinski definition) is 2. The van der Waals surface area contributed by atoms with Gasteiger partial charge in [-0.05, 0) is 24.1 Å². The molecule has 1 aromatic carbocycles.